The van der Waals surface area contributed by atoms with Gasteiger partial charge in [0.15, 0.2) is 10.3 Å². The number of halogens is 2. The SMILES string of the molecule is CN(c1nc(-c2ccc(F)cc2)cs1)c1c(/C=C/C#N)nc2ccc(C3CCN(C(=O)OC(C)(C)C)CC3)cn12.CN(c1nc(-c2ccc(F)cc2)cs1)c1c(/C=C/C#N)nc2ccc(C3CCNCC3)cn12. The Morgan fingerprint density at radius 2 is 1.12 bits per heavy atom. The molecule has 73 heavy (non-hydrogen) atoms. The molecule has 1 amide bonds. The molecule has 0 saturated carbocycles. The summed E-state index contributed by atoms with van der Waals surface area (Å²) in [5.41, 5.74) is 8.11. The van der Waals surface area contributed by atoms with E-state index in [1.807, 2.05) is 72.0 Å². The van der Waals surface area contributed by atoms with Crippen molar-refractivity contribution in [3.8, 4) is 34.7 Å². The summed E-state index contributed by atoms with van der Waals surface area (Å²) in [5.74, 6) is 1.88. The number of thiazole rings is 2. The van der Waals surface area contributed by atoms with E-state index in [0.29, 0.717) is 30.4 Å². The Morgan fingerprint density at radius 3 is 1.55 bits per heavy atom. The minimum absolute atomic E-state index is 0.266. The molecule has 2 saturated heterocycles. The van der Waals surface area contributed by atoms with Crippen molar-refractivity contribution in [2.45, 2.75) is 63.9 Å². The maximum atomic E-state index is 13.4. The summed E-state index contributed by atoms with van der Waals surface area (Å²) in [7, 11) is 3.88. The summed E-state index contributed by atoms with van der Waals surface area (Å²) in [6, 6.07) is 25.0. The van der Waals surface area contributed by atoms with Crippen LogP contribution >= 0.6 is 22.7 Å². The lowest BCUT2D eigenvalue weighted by molar-refractivity contribution is 0.0204. The second-order valence-corrected chi connectivity index (χ2v) is 20.5. The minimum Gasteiger partial charge on any atom is -0.444 e. The second kappa shape index (κ2) is 21.9. The van der Waals surface area contributed by atoms with E-state index in [1.54, 1.807) is 41.3 Å². The van der Waals surface area contributed by atoms with Crippen molar-refractivity contribution in [1.82, 2.24) is 39.0 Å². The van der Waals surface area contributed by atoms with Crippen molar-refractivity contribution < 1.29 is 18.3 Å². The van der Waals surface area contributed by atoms with Crippen molar-refractivity contribution in [1.29, 1.82) is 10.5 Å². The number of likely N-dealkylation sites (tertiary alicyclic amines) is 1. The van der Waals surface area contributed by atoms with E-state index in [2.05, 4.69) is 46.4 Å². The van der Waals surface area contributed by atoms with Crippen LogP contribution in [0.15, 0.2) is 108 Å². The maximum absolute atomic E-state index is 13.4. The quantitative estimate of drug-likeness (QED) is 0.130. The van der Waals surface area contributed by atoms with Crippen LogP contribution in [0.25, 0.3) is 46.0 Å². The number of allylic oxidation sites excluding steroid dienone is 2. The van der Waals surface area contributed by atoms with Crippen molar-refractivity contribution in [2.75, 3.05) is 50.1 Å². The number of ether oxygens (including phenoxy) is 1. The summed E-state index contributed by atoms with van der Waals surface area (Å²) in [6.07, 6.45) is 14.2. The Balaban J connectivity index is 0.000000183. The Bertz CT molecular complexity index is 3380. The zero-order valence-corrected chi connectivity index (χ0v) is 42.8. The van der Waals surface area contributed by atoms with Crippen molar-refractivity contribution in [3.05, 3.63) is 142 Å². The van der Waals surface area contributed by atoms with Crippen LogP contribution in [-0.2, 0) is 4.74 Å². The molecule has 2 aromatic carbocycles. The molecular formula is C55H54F2N12O2S2. The number of hydrogen-bond donors (Lipinski definition) is 1. The van der Waals surface area contributed by atoms with Crippen LogP contribution in [-0.4, -0.2) is 85.6 Å². The minimum atomic E-state index is -0.516. The molecule has 0 unspecified atom stereocenters. The molecule has 2 aliphatic heterocycles. The molecule has 1 N–H and O–H groups in total. The first-order valence-corrected chi connectivity index (χ1v) is 25.8. The first-order valence-electron chi connectivity index (χ1n) is 24.0. The van der Waals surface area contributed by atoms with Gasteiger partial charge in [0.05, 0.1) is 23.5 Å². The average molecular weight is 1020 g/mol. The molecule has 14 nitrogen and oxygen atoms in total. The van der Waals surface area contributed by atoms with Crippen LogP contribution in [0.4, 0.5) is 35.5 Å². The van der Waals surface area contributed by atoms with Crippen LogP contribution in [0, 0.1) is 34.3 Å². The van der Waals surface area contributed by atoms with Crippen molar-refractivity contribution >= 4 is 74.1 Å². The Labute approximate surface area is 430 Å². The molecule has 372 valence electrons. The fourth-order valence-corrected chi connectivity index (χ4v) is 10.7. The van der Waals surface area contributed by atoms with Gasteiger partial charge in [-0.05, 0) is 155 Å². The first kappa shape index (κ1) is 50.2. The predicted molar refractivity (Wildman–Crippen MR) is 285 cm³/mol. The molecule has 0 aliphatic carbocycles. The number of nitriles is 2. The van der Waals surface area contributed by atoms with Crippen molar-refractivity contribution in [3.63, 3.8) is 0 Å². The zero-order valence-electron chi connectivity index (χ0n) is 41.2. The van der Waals surface area contributed by atoms with Crippen LogP contribution in [0.3, 0.4) is 0 Å². The number of carbonyl (C=O) groups is 1. The van der Waals surface area contributed by atoms with E-state index in [4.69, 9.17) is 29.9 Å². The Morgan fingerprint density at radius 1 is 0.685 bits per heavy atom. The second-order valence-electron chi connectivity index (χ2n) is 18.9. The number of hydrogen-bond acceptors (Lipinski definition) is 13. The number of imidazole rings is 2. The van der Waals surface area contributed by atoms with Gasteiger partial charge in [-0.3, -0.25) is 8.80 Å². The number of nitrogens with one attached hydrogen (secondary N) is 1. The molecule has 2 fully saturated rings. The highest BCUT2D eigenvalue weighted by Crippen LogP contribution is 2.38. The molecule has 6 aromatic heterocycles. The van der Waals surface area contributed by atoms with Gasteiger partial charge in [-0.25, -0.2) is 33.5 Å². The average Bonchev–Trinajstić information content (AvgIpc) is 4.23. The standard InChI is InChI=1S/C30H31FN6O2S.C25H23FN6S/c1-30(2,3)39-29(38)36-16-13-20(14-17-36)22-9-12-26-33-24(6-5-15-32)27(37(26)18-22)35(4)28-34-25(19-40-28)21-7-10-23(31)11-8-21;1-31(25-30-22(16-33-25)18-4-7-20(26)8-5-18)24-21(3-2-12-27)29-23-9-6-19(15-32(23)24)17-10-13-28-14-11-17/h5-12,18-20H,13-14,16-17H2,1-4H3;2-9,15-17,28H,10-11,13-14H2,1H3/b6-5+;3-2+. The van der Waals surface area contributed by atoms with Crippen molar-refractivity contribution in [2.24, 2.45) is 0 Å². The lowest BCUT2D eigenvalue weighted by Crippen LogP contribution is -2.41. The molecular weight excluding hydrogens is 963 g/mol. The van der Waals surface area contributed by atoms with E-state index >= 15 is 0 Å². The fourth-order valence-electron chi connectivity index (χ4n) is 9.14. The number of amides is 1. The Kier molecular flexibility index (Phi) is 15.1. The highest BCUT2D eigenvalue weighted by Gasteiger charge is 2.29. The molecule has 8 aromatic rings. The molecule has 8 heterocycles. The monoisotopic (exact) mass is 1020 g/mol. The van der Waals surface area contributed by atoms with E-state index in [0.717, 1.165) is 100 Å². The van der Waals surface area contributed by atoms with Gasteiger partial charge in [0.2, 0.25) is 0 Å². The van der Waals surface area contributed by atoms with E-state index in [-0.39, 0.29) is 23.6 Å². The van der Waals surface area contributed by atoms with Crippen LogP contribution in [0.1, 0.15) is 80.8 Å². The van der Waals surface area contributed by atoms with Crippen LogP contribution in [0.2, 0.25) is 0 Å². The first-order chi connectivity index (χ1) is 35.3. The van der Waals surface area contributed by atoms with Gasteiger partial charge in [0.25, 0.3) is 0 Å². The van der Waals surface area contributed by atoms with E-state index in [9.17, 15) is 18.8 Å². The number of piperidine rings is 2. The predicted octanol–water partition coefficient (Wildman–Crippen LogP) is 12.4. The maximum Gasteiger partial charge on any atom is 0.410 e. The van der Waals surface area contributed by atoms with E-state index in [1.165, 1.54) is 64.7 Å². The summed E-state index contributed by atoms with van der Waals surface area (Å²) in [5, 5.41) is 27.1. The van der Waals surface area contributed by atoms with Gasteiger partial charge in [-0.15, -0.1) is 22.7 Å². The highest BCUT2D eigenvalue weighted by molar-refractivity contribution is 7.14. The lowest BCUT2D eigenvalue weighted by atomic mass is 9.90. The number of aromatic nitrogens is 6. The van der Waals surface area contributed by atoms with Crippen LogP contribution in [0.5, 0.6) is 0 Å². The van der Waals surface area contributed by atoms with Gasteiger partial charge >= 0.3 is 6.09 Å². The van der Waals surface area contributed by atoms with Gasteiger partial charge < -0.3 is 24.8 Å². The molecule has 0 atom stereocenters. The van der Waals surface area contributed by atoms with E-state index < -0.39 is 5.60 Å². The number of nitrogens with zero attached hydrogens (tertiary/aromatic N) is 11. The Hall–Kier alpha value is -7.77. The number of carbonyl (C=O) groups excluding carboxylic acids is 1. The summed E-state index contributed by atoms with van der Waals surface area (Å²) in [4.78, 5) is 37.4. The molecule has 0 radical (unpaired) electrons. The number of benzene rings is 2. The third-order valence-corrected chi connectivity index (χ3v) is 14.7. The topological polar surface area (TPSA) is 156 Å². The van der Waals surface area contributed by atoms with Gasteiger partial charge in [0, 0.05) is 73.6 Å². The van der Waals surface area contributed by atoms with Gasteiger partial charge in [-0.2, -0.15) is 10.5 Å². The number of pyridine rings is 2. The van der Waals surface area contributed by atoms with Crippen LogP contribution < -0.4 is 15.1 Å². The molecule has 18 heteroatoms. The number of anilines is 4. The molecule has 0 bridgehead atoms. The smallest absolute Gasteiger partial charge is 0.410 e. The third kappa shape index (κ3) is 11.5. The summed E-state index contributed by atoms with van der Waals surface area (Å²) in [6.45, 7) is 8.96. The normalized spacial score (nSPS) is 14.6. The molecule has 0 spiro atoms. The van der Waals surface area contributed by atoms with Gasteiger partial charge in [0.1, 0.15) is 51.6 Å². The number of rotatable bonds is 10. The third-order valence-electron chi connectivity index (χ3n) is 12.8. The largest absolute Gasteiger partial charge is 0.444 e. The molecule has 2 aliphatic rings. The summed E-state index contributed by atoms with van der Waals surface area (Å²) < 4.78 is 36.4. The number of fused-ring (bicyclic) bond motifs is 2. The fraction of sp³-hybridized carbons (Fsp3) is 0.291. The molecule has 10 rings (SSSR count). The lowest BCUT2D eigenvalue weighted by Gasteiger charge is -2.33. The highest BCUT2D eigenvalue weighted by atomic mass is 32.1. The summed E-state index contributed by atoms with van der Waals surface area (Å²) >= 11 is 2.99. The van der Waals surface area contributed by atoms with Gasteiger partial charge in [-0.1, -0.05) is 12.1 Å². The zero-order chi connectivity index (χ0) is 51.2.